The highest BCUT2D eigenvalue weighted by Gasteiger charge is 2.15. The minimum absolute atomic E-state index is 0.0727. The van der Waals surface area contributed by atoms with Crippen molar-refractivity contribution in [1.82, 2.24) is 5.32 Å². The second kappa shape index (κ2) is 6.71. The fourth-order valence-corrected chi connectivity index (χ4v) is 1.76. The van der Waals surface area contributed by atoms with Gasteiger partial charge in [-0.15, -0.1) is 0 Å². The van der Waals surface area contributed by atoms with E-state index in [0.29, 0.717) is 0 Å². The number of aliphatic hydroxyl groups excluding tert-OH is 1. The molecule has 0 heterocycles. The third-order valence-electron chi connectivity index (χ3n) is 3.33. The number of aliphatic hydroxyl groups is 1. The summed E-state index contributed by atoms with van der Waals surface area (Å²) in [5.74, 6) is 0.0732. The van der Waals surface area contributed by atoms with Crippen LogP contribution in [0.1, 0.15) is 32.4 Å². The van der Waals surface area contributed by atoms with Crippen LogP contribution in [0, 0.1) is 11.7 Å². The molecule has 3 atom stereocenters. The molecule has 0 saturated carbocycles. The monoisotopic (exact) mass is 255 g/mol. The van der Waals surface area contributed by atoms with Gasteiger partial charge in [-0.1, -0.05) is 13.0 Å². The first-order valence-electron chi connectivity index (χ1n) is 6.20. The number of benzene rings is 1. The maximum absolute atomic E-state index is 13.3. The van der Waals surface area contributed by atoms with Crippen molar-refractivity contribution in [2.24, 2.45) is 5.92 Å². The quantitative estimate of drug-likeness (QED) is 0.820. The summed E-state index contributed by atoms with van der Waals surface area (Å²) in [6.07, 6.45) is 0. The lowest BCUT2D eigenvalue weighted by Gasteiger charge is -2.24. The third kappa shape index (κ3) is 3.68. The molecule has 102 valence electrons. The van der Waals surface area contributed by atoms with E-state index in [1.54, 1.807) is 12.1 Å². The van der Waals surface area contributed by atoms with Crippen LogP contribution in [-0.2, 0) is 0 Å². The molecule has 18 heavy (non-hydrogen) atoms. The van der Waals surface area contributed by atoms with Crippen molar-refractivity contribution < 1.29 is 14.2 Å². The highest BCUT2D eigenvalue weighted by Crippen LogP contribution is 2.23. The number of methoxy groups -OCH3 is 1. The Labute approximate surface area is 108 Å². The van der Waals surface area contributed by atoms with E-state index in [1.807, 2.05) is 20.8 Å². The van der Waals surface area contributed by atoms with Crippen LogP contribution in [0.15, 0.2) is 18.2 Å². The van der Waals surface area contributed by atoms with Gasteiger partial charge < -0.3 is 15.2 Å². The van der Waals surface area contributed by atoms with E-state index in [0.717, 1.165) is 5.56 Å². The molecule has 3 unspecified atom stereocenters. The van der Waals surface area contributed by atoms with Gasteiger partial charge in [0.25, 0.3) is 0 Å². The maximum Gasteiger partial charge on any atom is 0.165 e. The van der Waals surface area contributed by atoms with E-state index >= 15 is 0 Å². The smallest absolute Gasteiger partial charge is 0.165 e. The van der Waals surface area contributed by atoms with E-state index in [2.05, 4.69) is 5.32 Å². The van der Waals surface area contributed by atoms with Gasteiger partial charge in [-0.2, -0.15) is 0 Å². The number of nitrogens with one attached hydrogen (secondary N) is 1. The molecule has 0 spiro atoms. The van der Waals surface area contributed by atoms with Crippen LogP contribution in [0.2, 0.25) is 0 Å². The Balaban J connectivity index is 2.75. The highest BCUT2D eigenvalue weighted by molar-refractivity contribution is 5.31. The highest BCUT2D eigenvalue weighted by atomic mass is 19.1. The first-order valence-corrected chi connectivity index (χ1v) is 6.20. The Morgan fingerprint density at radius 3 is 2.56 bits per heavy atom. The molecule has 4 heteroatoms. The van der Waals surface area contributed by atoms with Crippen molar-refractivity contribution in [3.05, 3.63) is 29.6 Å². The van der Waals surface area contributed by atoms with Crippen LogP contribution in [0.3, 0.4) is 0 Å². The predicted molar refractivity (Wildman–Crippen MR) is 70.2 cm³/mol. The molecule has 2 N–H and O–H groups in total. The van der Waals surface area contributed by atoms with Gasteiger partial charge >= 0.3 is 0 Å². The van der Waals surface area contributed by atoms with Crippen molar-refractivity contribution in [2.45, 2.75) is 32.9 Å². The minimum Gasteiger partial charge on any atom is -0.494 e. The lowest BCUT2D eigenvalue weighted by atomic mass is 10.0. The maximum atomic E-state index is 13.3. The van der Waals surface area contributed by atoms with E-state index in [-0.39, 0.29) is 36.2 Å². The first-order chi connectivity index (χ1) is 8.49. The SMILES string of the molecule is COc1cc(C(C)NC(C)C(C)CO)ccc1F. The third-order valence-corrected chi connectivity index (χ3v) is 3.33. The normalized spacial score (nSPS) is 16.1. The Bertz CT molecular complexity index is 384. The molecule has 0 aliphatic carbocycles. The van der Waals surface area contributed by atoms with Crippen molar-refractivity contribution in [2.75, 3.05) is 13.7 Å². The molecule has 0 saturated heterocycles. The predicted octanol–water partition coefficient (Wildman–Crippen LogP) is 2.50. The van der Waals surface area contributed by atoms with Crippen LogP contribution in [0.5, 0.6) is 5.75 Å². The zero-order valence-corrected chi connectivity index (χ0v) is 11.4. The van der Waals surface area contributed by atoms with E-state index in [4.69, 9.17) is 9.84 Å². The summed E-state index contributed by atoms with van der Waals surface area (Å²) in [6, 6.07) is 5.10. The molecule has 3 nitrogen and oxygen atoms in total. The summed E-state index contributed by atoms with van der Waals surface area (Å²) in [7, 11) is 1.46. The zero-order chi connectivity index (χ0) is 13.7. The van der Waals surface area contributed by atoms with E-state index in [9.17, 15) is 4.39 Å². The molecular weight excluding hydrogens is 233 g/mol. The van der Waals surface area contributed by atoms with Crippen molar-refractivity contribution in [1.29, 1.82) is 0 Å². The fraction of sp³-hybridized carbons (Fsp3) is 0.571. The largest absolute Gasteiger partial charge is 0.494 e. The van der Waals surface area contributed by atoms with Gasteiger partial charge in [0.1, 0.15) is 0 Å². The summed E-state index contributed by atoms with van der Waals surface area (Å²) >= 11 is 0. The van der Waals surface area contributed by atoms with Crippen LogP contribution in [0.25, 0.3) is 0 Å². The molecule has 0 aliphatic rings. The average molecular weight is 255 g/mol. The van der Waals surface area contributed by atoms with Crippen LogP contribution in [-0.4, -0.2) is 24.9 Å². The molecule has 1 rings (SSSR count). The van der Waals surface area contributed by atoms with Crippen molar-refractivity contribution in [3.63, 3.8) is 0 Å². The minimum atomic E-state index is -0.356. The average Bonchev–Trinajstić information content (AvgIpc) is 2.37. The van der Waals surface area contributed by atoms with Gasteiger partial charge in [-0.05, 0) is 37.5 Å². The first kappa shape index (κ1) is 14.9. The van der Waals surface area contributed by atoms with Gasteiger partial charge in [0.05, 0.1) is 7.11 Å². The van der Waals surface area contributed by atoms with Gasteiger partial charge in [-0.25, -0.2) is 4.39 Å². The summed E-state index contributed by atoms with van der Waals surface area (Å²) in [5.41, 5.74) is 0.963. The summed E-state index contributed by atoms with van der Waals surface area (Å²) < 4.78 is 18.3. The lowest BCUT2D eigenvalue weighted by molar-refractivity contribution is 0.202. The fourth-order valence-electron chi connectivity index (χ4n) is 1.76. The van der Waals surface area contributed by atoms with Crippen molar-refractivity contribution in [3.8, 4) is 5.75 Å². The number of rotatable bonds is 6. The van der Waals surface area contributed by atoms with Gasteiger partial charge in [-0.3, -0.25) is 0 Å². The topological polar surface area (TPSA) is 41.5 Å². The van der Waals surface area contributed by atoms with Crippen LogP contribution >= 0.6 is 0 Å². The van der Waals surface area contributed by atoms with Crippen LogP contribution in [0.4, 0.5) is 4.39 Å². The van der Waals surface area contributed by atoms with Gasteiger partial charge in [0, 0.05) is 18.7 Å². The van der Waals surface area contributed by atoms with E-state index < -0.39 is 0 Å². The standard InChI is InChI=1S/C14H22FNO2/c1-9(8-17)10(2)16-11(3)12-5-6-13(15)14(7-12)18-4/h5-7,9-11,16-17H,8H2,1-4H3. The van der Waals surface area contributed by atoms with E-state index in [1.165, 1.54) is 13.2 Å². The van der Waals surface area contributed by atoms with Crippen LogP contribution < -0.4 is 10.1 Å². The molecular formula is C14H22FNO2. The summed E-state index contributed by atoms with van der Waals surface area (Å²) in [6.45, 7) is 6.16. The molecule has 0 amide bonds. The molecule has 0 bridgehead atoms. The number of hydrogen-bond donors (Lipinski definition) is 2. The molecule has 0 aromatic heterocycles. The Kier molecular flexibility index (Phi) is 5.56. The number of ether oxygens (including phenoxy) is 1. The molecule has 0 fully saturated rings. The Hall–Kier alpha value is -1.13. The lowest BCUT2D eigenvalue weighted by Crippen LogP contribution is -2.35. The summed E-state index contributed by atoms with van der Waals surface area (Å²) in [5, 5.41) is 12.5. The summed E-state index contributed by atoms with van der Waals surface area (Å²) in [4.78, 5) is 0. The number of hydrogen-bond acceptors (Lipinski definition) is 3. The molecule has 0 radical (unpaired) electrons. The Morgan fingerprint density at radius 2 is 2.00 bits per heavy atom. The number of halogens is 1. The molecule has 1 aromatic rings. The van der Waals surface area contributed by atoms with Gasteiger partial charge in [0.15, 0.2) is 11.6 Å². The zero-order valence-electron chi connectivity index (χ0n) is 11.4. The second-order valence-corrected chi connectivity index (χ2v) is 4.73. The molecule has 1 aromatic carbocycles. The molecule has 0 aliphatic heterocycles. The van der Waals surface area contributed by atoms with Gasteiger partial charge in [0.2, 0.25) is 0 Å². The second-order valence-electron chi connectivity index (χ2n) is 4.73. The Morgan fingerprint density at radius 1 is 1.33 bits per heavy atom. The van der Waals surface area contributed by atoms with Crippen molar-refractivity contribution >= 4 is 0 Å².